The first-order valence-corrected chi connectivity index (χ1v) is 10.3. The van der Waals surface area contributed by atoms with Gasteiger partial charge in [0.25, 0.3) is 0 Å². The first-order valence-electron chi connectivity index (χ1n) is 10.3. The predicted octanol–water partition coefficient (Wildman–Crippen LogP) is 2.62. The summed E-state index contributed by atoms with van der Waals surface area (Å²) in [5.41, 5.74) is 1.21. The Morgan fingerprint density at radius 2 is 1.75 bits per heavy atom. The summed E-state index contributed by atoms with van der Waals surface area (Å²) in [7, 11) is 0. The molecule has 3 aliphatic rings. The van der Waals surface area contributed by atoms with Gasteiger partial charge in [-0.05, 0) is 56.7 Å². The standard InChI is InChI=1S/C21H27F2N3O2/c22-17-12-15-4-5-20(27)26(19(15)13-18(17)23)9-1-8-25-10-6-16(7-11-25)24-21(28)14-2-3-14/h12-14,16H,1-11H2,(H,24,28). The minimum atomic E-state index is -0.909. The number of hydrogen-bond donors (Lipinski definition) is 1. The monoisotopic (exact) mass is 391 g/mol. The number of carbonyl (C=O) groups excluding carboxylic acids is 2. The molecule has 1 aromatic carbocycles. The number of likely N-dealkylation sites (tertiary alicyclic amines) is 1. The second-order valence-electron chi connectivity index (χ2n) is 8.19. The number of nitrogens with zero attached hydrogens (tertiary/aromatic N) is 2. The summed E-state index contributed by atoms with van der Waals surface area (Å²) in [5, 5.41) is 3.15. The minimum Gasteiger partial charge on any atom is -0.353 e. The Morgan fingerprint density at radius 3 is 2.46 bits per heavy atom. The SMILES string of the molecule is O=C(NC1CCN(CCCN2C(=O)CCc3cc(F)c(F)cc32)CC1)C1CC1. The average molecular weight is 391 g/mol. The van der Waals surface area contributed by atoms with Crippen LogP contribution in [0.5, 0.6) is 0 Å². The van der Waals surface area contributed by atoms with Gasteiger partial charge in [0.15, 0.2) is 11.6 Å². The molecule has 0 unspecified atom stereocenters. The molecule has 5 nitrogen and oxygen atoms in total. The Labute approximate surface area is 164 Å². The number of amides is 2. The van der Waals surface area contributed by atoms with Gasteiger partial charge in [-0.25, -0.2) is 8.78 Å². The zero-order valence-electron chi connectivity index (χ0n) is 16.1. The lowest BCUT2D eigenvalue weighted by atomic mass is 10.0. The third-order valence-corrected chi connectivity index (χ3v) is 6.06. The van der Waals surface area contributed by atoms with E-state index < -0.39 is 11.6 Å². The molecule has 2 aliphatic heterocycles. The molecule has 2 heterocycles. The van der Waals surface area contributed by atoms with Crippen LogP contribution >= 0.6 is 0 Å². The number of halogens is 2. The summed E-state index contributed by atoms with van der Waals surface area (Å²) in [6, 6.07) is 2.64. The third-order valence-electron chi connectivity index (χ3n) is 6.06. The fourth-order valence-electron chi connectivity index (χ4n) is 4.20. The molecule has 1 aromatic rings. The average Bonchev–Trinajstić information content (AvgIpc) is 3.52. The summed E-state index contributed by atoms with van der Waals surface area (Å²) in [4.78, 5) is 28.1. The van der Waals surface area contributed by atoms with Gasteiger partial charge in [-0.2, -0.15) is 0 Å². The highest BCUT2D eigenvalue weighted by Crippen LogP contribution is 2.31. The predicted molar refractivity (Wildman–Crippen MR) is 102 cm³/mol. The molecule has 0 atom stereocenters. The van der Waals surface area contributed by atoms with E-state index >= 15 is 0 Å². The summed E-state index contributed by atoms with van der Waals surface area (Å²) in [6.45, 7) is 3.22. The summed E-state index contributed by atoms with van der Waals surface area (Å²) in [6.07, 6.45) is 5.54. The van der Waals surface area contributed by atoms with E-state index in [1.807, 2.05) is 0 Å². The number of fused-ring (bicyclic) bond motifs is 1. The van der Waals surface area contributed by atoms with Gasteiger partial charge >= 0.3 is 0 Å². The molecule has 0 bridgehead atoms. The molecule has 1 saturated heterocycles. The van der Waals surface area contributed by atoms with E-state index in [0.29, 0.717) is 30.6 Å². The zero-order chi connectivity index (χ0) is 19.7. The van der Waals surface area contributed by atoms with Gasteiger partial charge in [-0.3, -0.25) is 9.59 Å². The normalized spacial score (nSPS) is 20.9. The van der Waals surface area contributed by atoms with E-state index in [9.17, 15) is 18.4 Å². The molecule has 152 valence electrons. The quantitative estimate of drug-likeness (QED) is 0.811. The van der Waals surface area contributed by atoms with Gasteiger partial charge in [-0.15, -0.1) is 0 Å². The largest absolute Gasteiger partial charge is 0.353 e. The van der Waals surface area contributed by atoms with Crippen molar-refractivity contribution in [1.82, 2.24) is 10.2 Å². The second-order valence-corrected chi connectivity index (χ2v) is 8.19. The zero-order valence-corrected chi connectivity index (χ0v) is 16.1. The van der Waals surface area contributed by atoms with Crippen molar-refractivity contribution in [2.75, 3.05) is 31.1 Å². The highest BCUT2D eigenvalue weighted by molar-refractivity contribution is 5.96. The number of piperidine rings is 1. The number of rotatable bonds is 6. The maximum Gasteiger partial charge on any atom is 0.227 e. The van der Waals surface area contributed by atoms with Crippen molar-refractivity contribution >= 4 is 17.5 Å². The topological polar surface area (TPSA) is 52.7 Å². The first kappa shape index (κ1) is 19.3. The highest BCUT2D eigenvalue weighted by Gasteiger charge is 2.32. The lowest BCUT2D eigenvalue weighted by Gasteiger charge is -2.34. The number of benzene rings is 1. The molecular weight excluding hydrogens is 364 g/mol. The minimum absolute atomic E-state index is 0.0278. The van der Waals surface area contributed by atoms with Crippen molar-refractivity contribution in [2.45, 2.75) is 51.0 Å². The Kier molecular flexibility index (Phi) is 5.62. The van der Waals surface area contributed by atoms with E-state index in [-0.39, 0.29) is 23.8 Å². The van der Waals surface area contributed by atoms with Crippen LogP contribution in [0.25, 0.3) is 0 Å². The van der Waals surface area contributed by atoms with E-state index in [4.69, 9.17) is 0 Å². The number of carbonyl (C=O) groups is 2. The Balaban J connectivity index is 1.25. The molecule has 7 heteroatoms. The van der Waals surface area contributed by atoms with Crippen LogP contribution in [-0.2, 0) is 16.0 Å². The van der Waals surface area contributed by atoms with Crippen molar-refractivity contribution in [2.24, 2.45) is 5.92 Å². The smallest absolute Gasteiger partial charge is 0.227 e. The van der Waals surface area contributed by atoms with Crippen LogP contribution < -0.4 is 10.2 Å². The van der Waals surface area contributed by atoms with E-state index in [1.165, 1.54) is 6.07 Å². The number of hydrogen-bond acceptors (Lipinski definition) is 3. The lowest BCUT2D eigenvalue weighted by Crippen LogP contribution is -2.45. The van der Waals surface area contributed by atoms with E-state index in [1.54, 1.807) is 4.90 Å². The molecular formula is C21H27F2N3O2. The van der Waals surface area contributed by atoms with Crippen molar-refractivity contribution in [1.29, 1.82) is 0 Å². The van der Waals surface area contributed by atoms with Crippen molar-refractivity contribution in [3.63, 3.8) is 0 Å². The molecule has 1 aliphatic carbocycles. The van der Waals surface area contributed by atoms with E-state index in [2.05, 4.69) is 10.2 Å². The summed E-state index contributed by atoms with van der Waals surface area (Å²) >= 11 is 0. The molecule has 4 rings (SSSR count). The third kappa shape index (κ3) is 4.35. The number of nitrogens with one attached hydrogen (secondary N) is 1. The Morgan fingerprint density at radius 1 is 1.04 bits per heavy atom. The lowest BCUT2D eigenvalue weighted by molar-refractivity contribution is -0.123. The van der Waals surface area contributed by atoms with Gasteiger partial charge < -0.3 is 15.1 Å². The highest BCUT2D eigenvalue weighted by atomic mass is 19.2. The van der Waals surface area contributed by atoms with Gasteiger partial charge in [0.1, 0.15) is 0 Å². The number of anilines is 1. The van der Waals surface area contributed by atoms with Crippen molar-refractivity contribution < 1.29 is 18.4 Å². The van der Waals surface area contributed by atoms with Gasteiger partial charge in [0.2, 0.25) is 11.8 Å². The Hall–Kier alpha value is -2.02. The number of aryl methyl sites for hydroxylation is 1. The molecule has 2 amide bonds. The van der Waals surface area contributed by atoms with Crippen LogP contribution in [0, 0.1) is 17.6 Å². The molecule has 2 fully saturated rings. The van der Waals surface area contributed by atoms with Crippen LogP contribution in [0.4, 0.5) is 14.5 Å². The van der Waals surface area contributed by atoms with Crippen molar-refractivity contribution in [3.05, 3.63) is 29.3 Å². The fraction of sp³-hybridized carbons (Fsp3) is 0.619. The molecule has 28 heavy (non-hydrogen) atoms. The molecule has 1 N–H and O–H groups in total. The molecule has 0 radical (unpaired) electrons. The van der Waals surface area contributed by atoms with Crippen molar-refractivity contribution in [3.8, 4) is 0 Å². The maximum atomic E-state index is 13.6. The summed E-state index contributed by atoms with van der Waals surface area (Å²) < 4.78 is 27.1. The van der Waals surface area contributed by atoms with Crippen LogP contribution in [-0.4, -0.2) is 48.9 Å². The molecule has 0 spiro atoms. The van der Waals surface area contributed by atoms with E-state index in [0.717, 1.165) is 57.8 Å². The molecule has 1 saturated carbocycles. The van der Waals surface area contributed by atoms with Gasteiger partial charge in [0, 0.05) is 49.8 Å². The maximum absolute atomic E-state index is 13.6. The van der Waals surface area contributed by atoms with Crippen LogP contribution in [0.15, 0.2) is 12.1 Å². The fourth-order valence-corrected chi connectivity index (χ4v) is 4.20. The second kappa shape index (κ2) is 8.15. The van der Waals surface area contributed by atoms with Crippen LogP contribution in [0.2, 0.25) is 0 Å². The van der Waals surface area contributed by atoms with Crippen LogP contribution in [0.3, 0.4) is 0 Å². The first-order chi connectivity index (χ1) is 13.5. The van der Waals surface area contributed by atoms with Crippen LogP contribution in [0.1, 0.15) is 44.1 Å². The molecule has 0 aromatic heterocycles. The Bertz CT molecular complexity index is 758. The van der Waals surface area contributed by atoms with Gasteiger partial charge in [0.05, 0.1) is 0 Å². The summed E-state index contributed by atoms with van der Waals surface area (Å²) in [5.74, 6) is -1.33. The van der Waals surface area contributed by atoms with Gasteiger partial charge in [-0.1, -0.05) is 0 Å².